The average molecular weight is 240 g/mol. The number of hydrogen-bond acceptors (Lipinski definition) is 2. The van der Waals surface area contributed by atoms with Gasteiger partial charge in [0.15, 0.2) is 0 Å². The third kappa shape index (κ3) is 4.01. The predicted octanol–water partition coefficient (Wildman–Crippen LogP) is 4.33. The van der Waals surface area contributed by atoms with E-state index in [9.17, 15) is 4.79 Å². The van der Waals surface area contributed by atoms with E-state index in [1.165, 1.54) is 38.5 Å². The van der Waals surface area contributed by atoms with Crippen LogP contribution in [0.2, 0.25) is 0 Å². The number of carbonyl (C=O) groups is 1. The Labute approximate surface area is 106 Å². The van der Waals surface area contributed by atoms with E-state index in [1.807, 2.05) is 0 Å². The Morgan fingerprint density at radius 3 is 2.71 bits per heavy atom. The average Bonchev–Trinajstić information content (AvgIpc) is 2.32. The zero-order valence-electron chi connectivity index (χ0n) is 11.8. The molecule has 1 saturated carbocycles. The first-order valence-corrected chi connectivity index (χ1v) is 7.28. The third-order valence-corrected chi connectivity index (χ3v) is 4.37. The van der Waals surface area contributed by atoms with Crippen molar-refractivity contribution in [2.75, 3.05) is 6.61 Å². The van der Waals surface area contributed by atoms with E-state index in [1.54, 1.807) is 0 Å². The van der Waals surface area contributed by atoms with Crippen LogP contribution < -0.4 is 0 Å². The summed E-state index contributed by atoms with van der Waals surface area (Å²) in [5.41, 5.74) is -0.219. The van der Waals surface area contributed by atoms with Crippen molar-refractivity contribution in [2.45, 2.75) is 72.1 Å². The number of carbonyl (C=O) groups excluding carboxylic acids is 1. The highest BCUT2D eigenvalue weighted by molar-refractivity contribution is 5.76. The molecule has 0 amide bonds. The maximum atomic E-state index is 12.1. The molecule has 0 aromatic rings. The topological polar surface area (TPSA) is 26.3 Å². The van der Waals surface area contributed by atoms with Crippen LogP contribution in [0.15, 0.2) is 0 Å². The number of esters is 1. The second-order valence-corrected chi connectivity index (χ2v) is 5.76. The molecule has 0 heterocycles. The second kappa shape index (κ2) is 7.03. The second-order valence-electron chi connectivity index (χ2n) is 5.76. The summed E-state index contributed by atoms with van der Waals surface area (Å²) in [6, 6.07) is 0. The lowest BCUT2D eigenvalue weighted by atomic mass is 9.68. The monoisotopic (exact) mass is 240 g/mol. The fourth-order valence-electron chi connectivity index (χ4n) is 2.67. The smallest absolute Gasteiger partial charge is 0.312 e. The fraction of sp³-hybridized carbons (Fsp3) is 0.933. The van der Waals surface area contributed by atoms with E-state index in [-0.39, 0.29) is 11.4 Å². The normalized spacial score (nSPS) is 29.0. The molecule has 0 saturated heterocycles. The van der Waals surface area contributed by atoms with Gasteiger partial charge in [-0.1, -0.05) is 46.0 Å². The summed E-state index contributed by atoms with van der Waals surface area (Å²) in [6.07, 6.45) is 9.27. The number of ether oxygens (including phenoxy) is 1. The van der Waals surface area contributed by atoms with Gasteiger partial charge in [-0.05, 0) is 32.1 Å². The molecule has 0 aliphatic heterocycles. The van der Waals surface area contributed by atoms with Crippen LogP contribution >= 0.6 is 0 Å². The van der Waals surface area contributed by atoms with Crippen LogP contribution in [0.5, 0.6) is 0 Å². The molecule has 1 aliphatic carbocycles. The van der Waals surface area contributed by atoms with E-state index < -0.39 is 0 Å². The Bertz CT molecular complexity index is 237. The van der Waals surface area contributed by atoms with Crippen LogP contribution in [0.3, 0.4) is 0 Å². The SMILES string of the molecule is CCCCCCOC(=O)C1(C)CCCCC1C. The molecule has 1 rings (SSSR count). The molecule has 0 aromatic heterocycles. The van der Waals surface area contributed by atoms with Gasteiger partial charge >= 0.3 is 5.97 Å². The van der Waals surface area contributed by atoms with Crippen LogP contribution in [0, 0.1) is 11.3 Å². The van der Waals surface area contributed by atoms with E-state index in [0.717, 1.165) is 12.8 Å². The van der Waals surface area contributed by atoms with Gasteiger partial charge in [-0.2, -0.15) is 0 Å². The molecule has 2 unspecified atom stereocenters. The summed E-state index contributed by atoms with van der Waals surface area (Å²) in [6.45, 7) is 7.08. The summed E-state index contributed by atoms with van der Waals surface area (Å²) >= 11 is 0. The molecular formula is C15H28O2. The Morgan fingerprint density at radius 1 is 1.29 bits per heavy atom. The number of unbranched alkanes of at least 4 members (excludes halogenated alkanes) is 3. The molecule has 0 aromatic carbocycles. The van der Waals surface area contributed by atoms with Gasteiger partial charge < -0.3 is 4.74 Å². The summed E-state index contributed by atoms with van der Waals surface area (Å²) < 4.78 is 5.46. The highest BCUT2D eigenvalue weighted by Crippen LogP contribution is 2.41. The molecule has 0 bridgehead atoms. The molecule has 2 heteroatoms. The lowest BCUT2D eigenvalue weighted by Crippen LogP contribution is -2.38. The van der Waals surface area contributed by atoms with Crippen LogP contribution in [0.4, 0.5) is 0 Å². The molecular weight excluding hydrogens is 212 g/mol. The molecule has 0 spiro atoms. The lowest BCUT2D eigenvalue weighted by molar-refractivity contribution is -0.160. The molecule has 0 N–H and O–H groups in total. The largest absolute Gasteiger partial charge is 0.465 e. The van der Waals surface area contributed by atoms with Crippen LogP contribution in [-0.4, -0.2) is 12.6 Å². The van der Waals surface area contributed by atoms with E-state index in [0.29, 0.717) is 12.5 Å². The van der Waals surface area contributed by atoms with Crippen LogP contribution in [-0.2, 0) is 9.53 Å². The molecule has 1 fully saturated rings. The summed E-state index contributed by atoms with van der Waals surface area (Å²) in [5, 5.41) is 0. The molecule has 100 valence electrons. The molecule has 2 nitrogen and oxygen atoms in total. The summed E-state index contributed by atoms with van der Waals surface area (Å²) in [4.78, 5) is 12.1. The minimum atomic E-state index is -0.219. The zero-order valence-corrected chi connectivity index (χ0v) is 11.8. The maximum absolute atomic E-state index is 12.1. The number of rotatable bonds is 6. The van der Waals surface area contributed by atoms with Crippen molar-refractivity contribution >= 4 is 5.97 Å². The van der Waals surface area contributed by atoms with Crippen molar-refractivity contribution in [3.63, 3.8) is 0 Å². The lowest BCUT2D eigenvalue weighted by Gasteiger charge is -2.37. The Kier molecular flexibility index (Phi) is 6.01. The maximum Gasteiger partial charge on any atom is 0.312 e. The van der Waals surface area contributed by atoms with E-state index >= 15 is 0 Å². The third-order valence-electron chi connectivity index (χ3n) is 4.37. The first-order chi connectivity index (χ1) is 8.11. The standard InChI is InChI=1S/C15H28O2/c1-4-5-6-9-12-17-14(16)15(3)11-8-7-10-13(15)2/h13H,4-12H2,1-3H3. The van der Waals surface area contributed by atoms with Gasteiger partial charge in [0.2, 0.25) is 0 Å². The first-order valence-electron chi connectivity index (χ1n) is 7.28. The van der Waals surface area contributed by atoms with Crippen LogP contribution in [0.1, 0.15) is 72.1 Å². The fourth-order valence-corrected chi connectivity index (χ4v) is 2.67. The minimum absolute atomic E-state index is 0.0428. The minimum Gasteiger partial charge on any atom is -0.465 e. The Balaban J connectivity index is 2.30. The molecule has 17 heavy (non-hydrogen) atoms. The molecule has 2 atom stereocenters. The Hall–Kier alpha value is -0.530. The van der Waals surface area contributed by atoms with Gasteiger partial charge in [-0.25, -0.2) is 0 Å². The molecule has 1 aliphatic rings. The summed E-state index contributed by atoms with van der Waals surface area (Å²) in [7, 11) is 0. The van der Waals surface area contributed by atoms with Crippen molar-refractivity contribution < 1.29 is 9.53 Å². The Morgan fingerprint density at radius 2 is 2.06 bits per heavy atom. The van der Waals surface area contributed by atoms with Gasteiger partial charge in [-0.3, -0.25) is 4.79 Å². The highest BCUT2D eigenvalue weighted by atomic mass is 16.5. The van der Waals surface area contributed by atoms with Crippen molar-refractivity contribution in [2.24, 2.45) is 11.3 Å². The highest BCUT2D eigenvalue weighted by Gasteiger charge is 2.41. The van der Waals surface area contributed by atoms with Crippen molar-refractivity contribution in [3.05, 3.63) is 0 Å². The van der Waals surface area contributed by atoms with Gasteiger partial charge in [0.1, 0.15) is 0 Å². The van der Waals surface area contributed by atoms with Gasteiger partial charge in [-0.15, -0.1) is 0 Å². The molecule has 0 radical (unpaired) electrons. The van der Waals surface area contributed by atoms with Crippen molar-refractivity contribution in [3.8, 4) is 0 Å². The van der Waals surface area contributed by atoms with Crippen molar-refractivity contribution in [1.82, 2.24) is 0 Å². The summed E-state index contributed by atoms with van der Waals surface area (Å²) in [5.74, 6) is 0.514. The van der Waals surface area contributed by atoms with E-state index in [4.69, 9.17) is 4.74 Å². The van der Waals surface area contributed by atoms with Gasteiger partial charge in [0.25, 0.3) is 0 Å². The first kappa shape index (κ1) is 14.5. The van der Waals surface area contributed by atoms with Gasteiger partial charge in [0, 0.05) is 0 Å². The zero-order chi connectivity index (χ0) is 12.7. The van der Waals surface area contributed by atoms with E-state index in [2.05, 4.69) is 20.8 Å². The van der Waals surface area contributed by atoms with Crippen molar-refractivity contribution in [1.29, 1.82) is 0 Å². The van der Waals surface area contributed by atoms with Gasteiger partial charge in [0.05, 0.1) is 12.0 Å². The predicted molar refractivity (Wildman–Crippen MR) is 70.8 cm³/mol. The van der Waals surface area contributed by atoms with Crippen LogP contribution in [0.25, 0.3) is 0 Å². The number of hydrogen-bond donors (Lipinski definition) is 0. The quantitative estimate of drug-likeness (QED) is 0.510.